The van der Waals surface area contributed by atoms with Gasteiger partial charge >= 0.3 is 0 Å². The van der Waals surface area contributed by atoms with E-state index >= 15 is 0 Å². The molecule has 3 rings (SSSR count). The van der Waals surface area contributed by atoms with E-state index in [4.69, 9.17) is 10.5 Å². The molecular weight excluding hydrogens is 258 g/mol. The van der Waals surface area contributed by atoms with Crippen molar-refractivity contribution in [2.75, 3.05) is 23.8 Å². The molecule has 2 fully saturated rings. The van der Waals surface area contributed by atoms with Crippen molar-refractivity contribution in [3.05, 3.63) is 29.8 Å². The fraction of sp³-hybridized carbons (Fsp3) is 0.533. The minimum absolute atomic E-state index is 0.0307. The smallest absolute Gasteiger partial charge is 0.166 e. The van der Waals surface area contributed by atoms with Crippen LogP contribution in [0.3, 0.4) is 0 Å². The molecule has 2 heterocycles. The number of carbonyl (C=O) groups excluding carboxylic acids is 1. The second-order valence-corrected chi connectivity index (χ2v) is 6.62. The van der Waals surface area contributed by atoms with Crippen molar-refractivity contribution < 1.29 is 9.53 Å². The number of ether oxygens (including phenoxy) is 1. The highest BCUT2D eigenvalue weighted by molar-refractivity contribution is 7.99. The molecule has 0 radical (unpaired) electrons. The predicted molar refractivity (Wildman–Crippen MR) is 78.5 cm³/mol. The van der Waals surface area contributed by atoms with Crippen LogP contribution in [-0.4, -0.2) is 29.5 Å². The van der Waals surface area contributed by atoms with Crippen LogP contribution in [-0.2, 0) is 4.74 Å². The van der Waals surface area contributed by atoms with Crippen molar-refractivity contribution in [2.45, 2.75) is 24.9 Å². The molecule has 0 aliphatic carbocycles. The Balaban J connectivity index is 1.74. The van der Waals surface area contributed by atoms with Gasteiger partial charge in [0.2, 0.25) is 0 Å². The van der Waals surface area contributed by atoms with E-state index in [9.17, 15) is 4.79 Å². The number of ketones is 1. The summed E-state index contributed by atoms with van der Waals surface area (Å²) in [5.74, 6) is 2.55. The maximum Gasteiger partial charge on any atom is 0.166 e. The number of anilines is 1. The van der Waals surface area contributed by atoms with E-state index in [0.29, 0.717) is 12.3 Å². The number of nitrogens with two attached hydrogens (primary N) is 1. The summed E-state index contributed by atoms with van der Waals surface area (Å²) in [7, 11) is 0. The average molecular weight is 277 g/mol. The van der Waals surface area contributed by atoms with Gasteiger partial charge in [-0.3, -0.25) is 4.79 Å². The molecule has 3 nitrogen and oxygen atoms in total. The zero-order valence-corrected chi connectivity index (χ0v) is 11.7. The van der Waals surface area contributed by atoms with E-state index in [1.165, 1.54) is 0 Å². The molecule has 1 aromatic carbocycles. The molecule has 2 aliphatic rings. The molecule has 1 aromatic rings. The highest BCUT2D eigenvalue weighted by Crippen LogP contribution is 2.41. The molecule has 102 valence electrons. The fourth-order valence-electron chi connectivity index (χ4n) is 3.00. The lowest BCUT2D eigenvalue weighted by Crippen LogP contribution is -2.42. The van der Waals surface area contributed by atoms with Gasteiger partial charge in [0.05, 0.1) is 5.60 Å². The van der Waals surface area contributed by atoms with Crippen molar-refractivity contribution in [3.63, 3.8) is 0 Å². The maximum atomic E-state index is 12.5. The Morgan fingerprint density at radius 2 is 2.16 bits per heavy atom. The van der Waals surface area contributed by atoms with Gasteiger partial charge in [-0.2, -0.15) is 11.8 Å². The van der Waals surface area contributed by atoms with E-state index in [-0.39, 0.29) is 17.3 Å². The first-order valence-corrected chi connectivity index (χ1v) is 7.95. The molecule has 0 amide bonds. The minimum atomic E-state index is -0.0307. The monoisotopic (exact) mass is 277 g/mol. The van der Waals surface area contributed by atoms with Gasteiger partial charge in [-0.25, -0.2) is 0 Å². The van der Waals surface area contributed by atoms with Crippen LogP contribution in [0.4, 0.5) is 5.69 Å². The number of rotatable bonds is 2. The fourth-order valence-corrected chi connectivity index (χ4v) is 4.38. The lowest BCUT2D eigenvalue weighted by molar-refractivity contribution is -0.0734. The number of nitrogen functional groups attached to an aromatic ring is 1. The number of benzene rings is 1. The van der Waals surface area contributed by atoms with Gasteiger partial charge in [0.25, 0.3) is 0 Å². The van der Waals surface area contributed by atoms with Crippen molar-refractivity contribution >= 4 is 23.2 Å². The number of carbonyl (C=O) groups is 1. The second kappa shape index (κ2) is 5.17. The van der Waals surface area contributed by atoms with Gasteiger partial charge < -0.3 is 10.5 Å². The van der Waals surface area contributed by atoms with Crippen LogP contribution >= 0.6 is 11.8 Å². The molecule has 19 heavy (non-hydrogen) atoms. The molecule has 1 spiro atoms. The number of hydrogen-bond acceptors (Lipinski definition) is 4. The van der Waals surface area contributed by atoms with Crippen molar-refractivity contribution in [1.82, 2.24) is 0 Å². The van der Waals surface area contributed by atoms with Gasteiger partial charge in [0, 0.05) is 29.5 Å². The molecule has 2 aliphatic heterocycles. The largest absolute Gasteiger partial charge is 0.399 e. The van der Waals surface area contributed by atoms with Crippen LogP contribution in [0.2, 0.25) is 0 Å². The van der Waals surface area contributed by atoms with Crippen LogP contribution in [0, 0.1) is 5.92 Å². The first-order chi connectivity index (χ1) is 9.19. The third-order valence-electron chi connectivity index (χ3n) is 4.13. The van der Waals surface area contributed by atoms with Gasteiger partial charge in [0.1, 0.15) is 0 Å². The molecule has 2 unspecified atom stereocenters. The first kappa shape index (κ1) is 13.0. The number of thioether (sulfide) groups is 1. The van der Waals surface area contributed by atoms with Gasteiger partial charge in [0.15, 0.2) is 5.78 Å². The zero-order chi connectivity index (χ0) is 13.3. The van der Waals surface area contributed by atoms with Gasteiger partial charge in [-0.1, -0.05) is 0 Å². The lowest BCUT2D eigenvalue weighted by atomic mass is 9.81. The average Bonchev–Trinajstić information content (AvgIpc) is 2.87. The summed E-state index contributed by atoms with van der Waals surface area (Å²) in [6.45, 7) is 0.714. The Morgan fingerprint density at radius 1 is 1.37 bits per heavy atom. The molecule has 0 saturated carbocycles. The molecule has 2 saturated heterocycles. The van der Waals surface area contributed by atoms with Crippen LogP contribution in [0.1, 0.15) is 29.6 Å². The number of hydrogen-bond donors (Lipinski definition) is 1. The van der Waals surface area contributed by atoms with Crippen LogP contribution in [0.25, 0.3) is 0 Å². The molecule has 0 bridgehead atoms. The van der Waals surface area contributed by atoms with Crippen LogP contribution in [0.15, 0.2) is 24.3 Å². The van der Waals surface area contributed by atoms with E-state index in [1.807, 2.05) is 23.9 Å². The standard InChI is InChI=1S/C15H19NO2S/c16-13-3-1-11(2-4-13)14(17)12-5-7-18-15(9-12)6-8-19-10-15/h1-4,12H,5-10,16H2. The third kappa shape index (κ3) is 2.65. The summed E-state index contributed by atoms with van der Waals surface area (Å²) in [4.78, 5) is 12.5. The van der Waals surface area contributed by atoms with E-state index in [2.05, 4.69) is 0 Å². The summed E-state index contributed by atoms with van der Waals surface area (Å²) in [5, 5.41) is 0. The highest BCUT2D eigenvalue weighted by atomic mass is 32.2. The third-order valence-corrected chi connectivity index (χ3v) is 5.35. The zero-order valence-electron chi connectivity index (χ0n) is 10.9. The topological polar surface area (TPSA) is 52.3 Å². The Labute approximate surface area is 117 Å². The molecule has 2 atom stereocenters. The van der Waals surface area contributed by atoms with Gasteiger partial charge in [-0.05, 0) is 49.3 Å². The highest BCUT2D eigenvalue weighted by Gasteiger charge is 2.42. The Hall–Kier alpha value is -1.00. The van der Waals surface area contributed by atoms with Crippen LogP contribution < -0.4 is 5.73 Å². The molecule has 4 heteroatoms. The summed E-state index contributed by atoms with van der Waals surface area (Å²) in [6, 6.07) is 7.27. The quantitative estimate of drug-likeness (QED) is 0.667. The van der Waals surface area contributed by atoms with E-state index in [1.54, 1.807) is 12.1 Å². The Morgan fingerprint density at radius 3 is 2.84 bits per heavy atom. The van der Waals surface area contributed by atoms with Crippen molar-refractivity contribution in [3.8, 4) is 0 Å². The lowest BCUT2D eigenvalue weighted by Gasteiger charge is -2.37. The Bertz CT molecular complexity index is 466. The second-order valence-electron chi connectivity index (χ2n) is 5.51. The molecule has 2 N–H and O–H groups in total. The Kier molecular flexibility index (Phi) is 3.54. The molecule has 0 aromatic heterocycles. The summed E-state index contributed by atoms with van der Waals surface area (Å²) in [5.41, 5.74) is 7.12. The normalized spacial score (nSPS) is 30.6. The summed E-state index contributed by atoms with van der Waals surface area (Å²) in [6.07, 6.45) is 2.81. The summed E-state index contributed by atoms with van der Waals surface area (Å²) < 4.78 is 5.97. The van der Waals surface area contributed by atoms with E-state index in [0.717, 1.165) is 36.3 Å². The van der Waals surface area contributed by atoms with Crippen molar-refractivity contribution in [2.24, 2.45) is 5.92 Å². The maximum absolute atomic E-state index is 12.5. The minimum Gasteiger partial charge on any atom is -0.399 e. The first-order valence-electron chi connectivity index (χ1n) is 6.80. The summed E-state index contributed by atoms with van der Waals surface area (Å²) >= 11 is 1.94. The van der Waals surface area contributed by atoms with Crippen molar-refractivity contribution in [1.29, 1.82) is 0 Å². The SMILES string of the molecule is Nc1ccc(C(=O)C2CCOC3(CCSC3)C2)cc1. The predicted octanol–water partition coefficient (Wildman–Crippen LogP) is 2.75. The van der Waals surface area contributed by atoms with E-state index < -0.39 is 0 Å². The number of Topliss-reactive ketones (excluding diaryl/α,β-unsaturated/α-hetero) is 1. The van der Waals surface area contributed by atoms with Crippen LogP contribution in [0.5, 0.6) is 0 Å². The molecular formula is C15H19NO2S. The van der Waals surface area contributed by atoms with Gasteiger partial charge in [-0.15, -0.1) is 0 Å².